The summed E-state index contributed by atoms with van der Waals surface area (Å²) < 4.78 is 7.25. The maximum atomic E-state index is 10.5. The van der Waals surface area contributed by atoms with Gasteiger partial charge >= 0.3 is 0 Å². The van der Waals surface area contributed by atoms with Crippen molar-refractivity contribution < 1.29 is 9.84 Å². The van der Waals surface area contributed by atoms with Gasteiger partial charge in [-0.15, -0.1) is 0 Å². The molecule has 3 aromatic heterocycles. The van der Waals surface area contributed by atoms with Crippen LogP contribution in [0.3, 0.4) is 0 Å². The predicted molar refractivity (Wildman–Crippen MR) is 104 cm³/mol. The number of aryl methyl sites for hydroxylation is 3. The first-order valence-electron chi connectivity index (χ1n) is 8.64. The lowest BCUT2D eigenvalue weighted by atomic mass is 10.1. The van der Waals surface area contributed by atoms with Gasteiger partial charge in [-0.3, -0.25) is 9.98 Å². The van der Waals surface area contributed by atoms with Gasteiger partial charge in [0.25, 0.3) is 0 Å². The molecule has 0 bridgehead atoms. The van der Waals surface area contributed by atoms with Crippen molar-refractivity contribution in [2.24, 2.45) is 0 Å². The van der Waals surface area contributed by atoms with Gasteiger partial charge in [-0.05, 0) is 44.9 Å². The minimum Gasteiger partial charge on any atom is -0.496 e. The zero-order valence-electron chi connectivity index (χ0n) is 15.9. The van der Waals surface area contributed by atoms with Crippen LogP contribution in [0.5, 0.6) is 11.6 Å². The molecule has 0 aliphatic rings. The molecule has 7 heteroatoms. The molecular weight excluding hydrogens is 342 g/mol. The number of benzene rings is 1. The van der Waals surface area contributed by atoms with Crippen LogP contribution in [0.25, 0.3) is 27.6 Å². The van der Waals surface area contributed by atoms with E-state index in [4.69, 9.17) is 10.1 Å². The molecule has 0 amide bonds. The van der Waals surface area contributed by atoms with Gasteiger partial charge in [-0.2, -0.15) is 0 Å². The lowest BCUT2D eigenvalue weighted by Gasteiger charge is -2.15. The minimum atomic E-state index is -0.181. The number of ether oxygens (including phenoxy) is 1. The molecule has 0 saturated heterocycles. The van der Waals surface area contributed by atoms with Gasteiger partial charge in [0.2, 0.25) is 5.88 Å². The first-order chi connectivity index (χ1) is 12.8. The first-order valence-corrected chi connectivity index (χ1v) is 8.64. The Morgan fingerprint density at radius 2 is 1.85 bits per heavy atom. The average molecular weight is 363 g/mol. The minimum absolute atomic E-state index is 0.140. The summed E-state index contributed by atoms with van der Waals surface area (Å²) in [4.78, 5) is 12.1. The number of nitrogens with zero attached hydrogens (tertiary/aromatic N) is 3. The number of aromatic amines is 1. The third-order valence-electron chi connectivity index (χ3n) is 5.00. The molecule has 0 atom stereocenters. The second-order valence-corrected chi connectivity index (χ2v) is 6.78. The molecule has 1 aromatic carbocycles. The Hall–Kier alpha value is -3.35. The van der Waals surface area contributed by atoms with Crippen LogP contribution in [0.2, 0.25) is 0 Å². The number of hydrogen-bond acceptors (Lipinski definition) is 5. The molecule has 0 aliphatic heterocycles. The number of nitrogens with one attached hydrogen (secondary N) is 2. The van der Waals surface area contributed by atoms with Gasteiger partial charge in [-0.25, -0.2) is 9.97 Å². The Kier molecular flexibility index (Phi) is 3.69. The monoisotopic (exact) mass is 363 g/mol. The molecule has 4 aromatic rings. The molecule has 0 saturated carbocycles. The Labute approximate surface area is 155 Å². The van der Waals surface area contributed by atoms with E-state index in [-0.39, 0.29) is 11.4 Å². The fourth-order valence-corrected chi connectivity index (χ4v) is 3.73. The molecule has 27 heavy (non-hydrogen) atoms. The van der Waals surface area contributed by atoms with Crippen molar-refractivity contribution in [3.05, 3.63) is 46.3 Å². The Bertz CT molecular complexity index is 1280. The summed E-state index contributed by atoms with van der Waals surface area (Å²) in [5.74, 6) is 1.27. The van der Waals surface area contributed by atoms with Crippen molar-refractivity contribution in [3.63, 3.8) is 0 Å². The summed E-state index contributed by atoms with van der Waals surface area (Å²) in [6, 6.07) is 3.87. The van der Waals surface area contributed by atoms with Gasteiger partial charge in [0, 0.05) is 11.8 Å². The van der Waals surface area contributed by atoms with Crippen LogP contribution >= 0.6 is 0 Å². The average Bonchev–Trinajstić information content (AvgIpc) is 2.84. The lowest BCUT2D eigenvalue weighted by Crippen LogP contribution is -2.16. The van der Waals surface area contributed by atoms with Gasteiger partial charge < -0.3 is 14.8 Å². The van der Waals surface area contributed by atoms with Gasteiger partial charge in [-0.1, -0.05) is 6.07 Å². The fraction of sp³-hybridized carbons (Fsp3) is 0.250. The lowest BCUT2D eigenvalue weighted by molar-refractivity contribution is 0.411. The predicted octanol–water partition coefficient (Wildman–Crippen LogP) is 3.33. The molecule has 0 unspecified atom stereocenters. The molecule has 7 nitrogen and oxygen atoms in total. The third kappa shape index (κ3) is 2.31. The summed E-state index contributed by atoms with van der Waals surface area (Å²) >= 11 is 0. The highest BCUT2D eigenvalue weighted by Crippen LogP contribution is 2.33. The Balaban J connectivity index is 2.32. The van der Waals surface area contributed by atoms with Gasteiger partial charge in [0.1, 0.15) is 17.1 Å². The number of H-pyrrole nitrogens is 1. The number of aromatic nitrogens is 4. The van der Waals surface area contributed by atoms with Crippen LogP contribution in [0, 0.1) is 33.1 Å². The molecule has 0 spiro atoms. The Morgan fingerprint density at radius 1 is 1.11 bits per heavy atom. The molecular formula is C20H21N5O2. The topological polar surface area (TPSA) is 99.8 Å². The van der Waals surface area contributed by atoms with Crippen LogP contribution in [0.1, 0.15) is 22.5 Å². The van der Waals surface area contributed by atoms with Crippen LogP contribution in [0.4, 0.5) is 0 Å². The van der Waals surface area contributed by atoms with Crippen molar-refractivity contribution in [2.75, 3.05) is 7.11 Å². The van der Waals surface area contributed by atoms with Crippen LogP contribution < -0.4 is 10.2 Å². The summed E-state index contributed by atoms with van der Waals surface area (Å²) in [6.45, 7) is 7.74. The molecule has 138 valence electrons. The smallest absolute Gasteiger partial charge is 0.222 e. The van der Waals surface area contributed by atoms with E-state index in [9.17, 15) is 5.11 Å². The SMILES string of the molecule is COc1ccc(C)c(-n2c(=N)c3c(O)ncc(C)c4[nH]c(C)nc2c43)c1C. The van der Waals surface area contributed by atoms with Crippen LogP contribution in [-0.4, -0.2) is 31.7 Å². The number of hydrogen-bond donors (Lipinski definition) is 3. The van der Waals surface area contributed by atoms with E-state index in [2.05, 4.69) is 15.0 Å². The van der Waals surface area contributed by atoms with Crippen molar-refractivity contribution in [3.8, 4) is 17.3 Å². The summed E-state index contributed by atoms with van der Waals surface area (Å²) in [5, 5.41) is 20.4. The highest BCUT2D eigenvalue weighted by atomic mass is 16.5. The van der Waals surface area contributed by atoms with E-state index < -0.39 is 0 Å². The molecule has 4 rings (SSSR count). The van der Waals surface area contributed by atoms with E-state index in [1.807, 2.05) is 39.8 Å². The van der Waals surface area contributed by atoms with Crippen molar-refractivity contribution in [2.45, 2.75) is 27.7 Å². The van der Waals surface area contributed by atoms with E-state index >= 15 is 0 Å². The first kappa shape index (κ1) is 17.1. The second-order valence-electron chi connectivity index (χ2n) is 6.78. The normalized spacial score (nSPS) is 11.4. The number of methoxy groups -OCH3 is 1. The second kappa shape index (κ2) is 5.84. The van der Waals surface area contributed by atoms with Crippen molar-refractivity contribution in [1.82, 2.24) is 19.5 Å². The van der Waals surface area contributed by atoms with Gasteiger partial charge in [0.15, 0.2) is 5.65 Å². The quantitative estimate of drug-likeness (QED) is 0.508. The van der Waals surface area contributed by atoms with E-state index in [1.54, 1.807) is 17.9 Å². The Morgan fingerprint density at radius 3 is 2.56 bits per heavy atom. The summed E-state index contributed by atoms with van der Waals surface area (Å²) in [7, 11) is 1.63. The van der Waals surface area contributed by atoms with Gasteiger partial charge in [0.05, 0.1) is 29.1 Å². The largest absolute Gasteiger partial charge is 0.496 e. The standard InChI is InChI=1S/C20H21N5O2/c1-9-6-7-13(27-5)11(3)17(9)25-18(21)15-14-16(10(2)8-22-20(15)26)23-12(4)24-19(14)25/h6-8,21,26H,1-5H3,(H,23,24). The van der Waals surface area contributed by atoms with Crippen molar-refractivity contribution >= 4 is 21.9 Å². The fourth-order valence-electron chi connectivity index (χ4n) is 3.73. The number of aromatic hydroxyl groups is 1. The molecule has 3 N–H and O–H groups in total. The molecule has 0 radical (unpaired) electrons. The van der Waals surface area contributed by atoms with E-state index in [0.717, 1.165) is 39.5 Å². The maximum Gasteiger partial charge on any atom is 0.222 e. The number of rotatable bonds is 2. The van der Waals surface area contributed by atoms with Crippen molar-refractivity contribution in [1.29, 1.82) is 5.41 Å². The summed E-state index contributed by atoms with van der Waals surface area (Å²) in [6.07, 6.45) is 1.60. The third-order valence-corrected chi connectivity index (χ3v) is 5.00. The molecule has 0 aliphatic carbocycles. The molecule has 0 fully saturated rings. The highest BCUT2D eigenvalue weighted by molar-refractivity contribution is 6.09. The van der Waals surface area contributed by atoms with Crippen LogP contribution in [-0.2, 0) is 0 Å². The van der Waals surface area contributed by atoms with E-state index in [1.165, 1.54) is 0 Å². The highest BCUT2D eigenvalue weighted by Gasteiger charge is 2.22. The zero-order chi connectivity index (χ0) is 19.5. The molecule has 3 heterocycles. The van der Waals surface area contributed by atoms with Crippen LogP contribution in [0.15, 0.2) is 18.3 Å². The van der Waals surface area contributed by atoms with E-state index in [0.29, 0.717) is 16.4 Å². The maximum absolute atomic E-state index is 10.5. The zero-order valence-corrected chi connectivity index (χ0v) is 15.9. The summed E-state index contributed by atoms with van der Waals surface area (Å²) in [5.41, 5.74) is 5.15.